The van der Waals surface area contributed by atoms with E-state index in [2.05, 4.69) is 15.7 Å². The van der Waals surface area contributed by atoms with Crippen LogP contribution in [-0.2, 0) is 19.2 Å². The molecule has 0 unspecified atom stereocenters. The second-order valence-electron chi connectivity index (χ2n) is 6.57. The first kappa shape index (κ1) is 22.0. The molecule has 0 radical (unpaired) electrons. The number of anilines is 2. The number of carboxylic acid groups (broad SMARTS) is 1. The van der Waals surface area contributed by atoms with Crippen molar-refractivity contribution >= 4 is 52.7 Å². The summed E-state index contributed by atoms with van der Waals surface area (Å²) in [6.45, 7) is 0. The number of nitrogens with one attached hydrogen (secondary N) is 2. The van der Waals surface area contributed by atoms with E-state index in [0.29, 0.717) is 17.2 Å². The van der Waals surface area contributed by atoms with E-state index in [1.807, 2.05) is 6.07 Å². The van der Waals surface area contributed by atoms with E-state index >= 15 is 0 Å². The van der Waals surface area contributed by atoms with Gasteiger partial charge in [0.1, 0.15) is 5.84 Å². The lowest BCUT2D eigenvalue weighted by atomic mass is 10.2. The number of para-hydroxylation sites is 1. The minimum atomic E-state index is -1.04. The normalized spacial score (nSPS) is 13.0. The number of amidine groups is 1. The zero-order valence-electron chi connectivity index (χ0n) is 16.4. The van der Waals surface area contributed by atoms with Gasteiger partial charge in [0.2, 0.25) is 11.8 Å². The Balaban J connectivity index is 1.50. The van der Waals surface area contributed by atoms with Crippen LogP contribution >= 0.6 is 11.8 Å². The highest BCUT2D eigenvalue weighted by atomic mass is 32.2. The first-order chi connectivity index (χ1) is 14.9. The molecule has 160 valence electrons. The lowest BCUT2D eigenvalue weighted by Crippen LogP contribution is -2.31. The standard InChI is InChI=1S/C21H20N4O5S/c26-18(9-10-21(29)30)22-14-5-4-8-16(11-14)31-13-19(27)23-17-12-20(28)25(24-17)15-6-2-1-3-7-15/h1-8,11H,9-10,12-13H2,(H,22,26)(H,29,30)(H,23,24,27). The third-order valence-corrected chi connectivity index (χ3v) is 5.11. The molecule has 1 aliphatic rings. The van der Waals surface area contributed by atoms with E-state index in [4.69, 9.17) is 5.11 Å². The Bertz CT molecular complexity index is 1030. The number of aliphatic carboxylic acids is 1. The smallest absolute Gasteiger partial charge is 0.303 e. The fraction of sp³-hybridized carbons (Fsp3) is 0.190. The average Bonchev–Trinajstić information content (AvgIpc) is 3.11. The molecule has 0 saturated heterocycles. The zero-order chi connectivity index (χ0) is 22.2. The molecule has 2 aromatic carbocycles. The third kappa shape index (κ3) is 6.68. The number of carbonyl (C=O) groups is 4. The highest BCUT2D eigenvalue weighted by Crippen LogP contribution is 2.22. The number of thioether (sulfide) groups is 1. The third-order valence-electron chi connectivity index (χ3n) is 4.11. The van der Waals surface area contributed by atoms with Gasteiger partial charge < -0.3 is 15.7 Å². The number of carbonyl (C=O) groups excluding carboxylic acids is 3. The van der Waals surface area contributed by atoms with Gasteiger partial charge in [-0.1, -0.05) is 24.3 Å². The van der Waals surface area contributed by atoms with Gasteiger partial charge in [-0.2, -0.15) is 10.1 Å². The molecule has 0 aliphatic carbocycles. The lowest BCUT2D eigenvalue weighted by molar-refractivity contribution is -0.138. The van der Waals surface area contributed by atoms with E-state index in [9.17, 15) is 19.2 Å². The van der Waals surface area contributed by atoms with Crippen LogP contribution in [0.2, 0.25) is 0 Å². The highest BCUT2D eigenvalue weighted by Gasteiger charge is 2.26. The fourth-order valence-corrected chi connectivity index (χ4v) is 3.48. The topological polar surface area (TPSA) is 128 Å². The molecule has 0 aromatic heterocycles. The Morgan fingerprint density at radius 3 is 2.52 bits per heavy atom. The maximum atomic E-state index is 12.3. The summed E-state index contributed by atoms with van der Waals surface area (Å²) in [5, 5.41) is 19.4. The lowest BCUT2D eigenvalue weighted by Gasteiger charge is -2.10. The molecule has 0 fully saturated rings. The average molecular weight is 440 g/mol. The second-order valence-corrected chi connectivity index (χ2v) is 7.62. The Morgan fingerprint density at radius 2 is 1.77 bits per heavy atom. The quantitative estimate of drug-likeness (QED) is 0.541. The second kappa shape index (κ2) is 10.4. The van der Waals surface area contributed by atoms with Crippen LogP contribution in [0.1, 0.15) is 19.3 Å². The maximum Gasteiger partial charge on any atom is 0.303 e. The number of nitrogens with zero attached hydrogens (tertiary/aromatic N) is 2. The van der Waals surface area contributed by atoms with Crippen LogP contribution in [0.5, 0.6) is 0 Å². The number of hydrogen-bond acceptors (Lipinski definition) is 6. The SMILES string of the molecule is O=C(O)CCC(=O)Nc1cccc(SCC(=O)NC2=NN(c3ccccc3)C(=O)C2)c1. The summed E-state index contributed by atoms with van der Waals surface area (Å²) < 4.78 is 0. The van der Waals surface area contributed by atoms with Gasteiger partial charge in [0.05, 0.1) is 24.3 Å². The number of benzene rings is 2. The number of amides is 3. The minimum Gasteiger partial charge on any atom is -0.481 e. The van der Waals surface area contributed by atoms with Crippen molar-refractivity contribution in [1.82, 2.24) is 5.32 Å². The molecule has 3 N–H and O–H groups in total. The van der Waals surface area contributed by atoms with E-state index in [-0.39, 0.29) is 36.8 Å². The number of hydrogen-bond donors (Lipinski definition) is 3. The predicted molar refractivity (Wildman–Crippen MR) is 117 cm³/mol. The summed E-state index contributed by atoms with van der Waals surface area (Å²) in [6.07, 6.45) is -0.340. The summed E-state index contributed by atoms with van der Waals surface area (Å²) in [6, 6.07) is 15.9. The monoisotopic (exact) mass is 440 g/mol. The molecule has 0 atom stereocenters. The summed E-state index contributed by atoms with van der Waals surface area (Å²) in [4.78, 5) is 47.5. The molecule has 3 amide bonds. The van der Waals surface area contributed by atoms with Gasteiger partial charge in [0.25, 0.3) is 5.91 Å². The molecular formula is C21H20N4O5S. The molecule has 0 bridgehead atoms. The van der Waals surface area contributed by atoms with Crippen molar-refractivity contribution in [2.24, 2.45) is 5.10 Å². The van der Waals surface area contributed by atoms with E-state index < -0.39 is 11.9 Å². The van der Waals surface area contributed by atoms with Crippen LogP contribution < -0.4 is 15.6 Å². The van der Waals surface area contributed by atoms with E-state index in [0.717, 1.165) is 4.90 Å². The summed E-state index contributed by atoms with van der Waals surface area (Å²) in [5.41, 5.74) is 1.15. The van der Waals surface area contributed by atoms with Crippen LogP contribution in [0.3, 0.4) is 0 Å². The van der Waals surface area contributed by atoms with Gasteiger partial charge in [0, 0.05) is 17.0 Å². The molecule has 9 nitrogen and oxygen atoms in total. The fourth-order valence-electron chi connectivity index (χ4n) is 2.72. The molecule has 3 rings (SSSR count). The first-order valence-corrected chi connectivity index (χ1v) is 10.4. The Morgan fingerprint density at radius 1 is 1.00 bits per heavy atom. The van der Waals surface area contributed by atoms with Crippen molar-refractivity contribution in [2.75, 3.05) is 16.1 Å². The highest BCUT2D eigenvalue weighted by molar-refractivity contribution is 8.00. The number of rotatable bonds is 8. The van der Waals surface area contributed by atoms with Crippen molar-refractivity contribution in [2.45, 2.75) is 24.2 Å². The molecule has 31 heavy (non-hydrogen) atoms. The number of carboxylic acids is 1. The van der Waals surface area contributed by atoms with Gasteiger partial charge in [-0.3, -0.25) is 19.2 Å². The molecule has 0 saturated carbocycles. The van der Waals surface area contributed by atoms with Crippen LogP contribution in [-0.4, -0.2) is 40.4 Å². The van der Waals surface area contributed by atoms with Crippen molar-refractivity contribution in [3.63, 3.8) is 0 Å². The van der Waals surface area contributed by atoms with Crippen molar-refractivity contribution in [3.8, 4) is 0 Å². The maximum absolute atomic E-state index is 12.3. The van der Waals surface area contributed by atoms with Gasteiger partial charge in [-0.15, -0.1) is 11.8 Å². The van der Waals surface area contributed by atoms with E-state index in [1.165, 1.54) is 16.8 Å². The molecule has 2 aromatic rings. The van der Waals surface area contributed by atoms with Gasteiger partial charge in [0.15, 0.2) is 0 Å². The van der Waals surface area contributed by atoms with Crippen molar-refractivity contribution < 1.29 is 24.3 Å². The van der Waals surface area contributed by atoms with Crippen LogP contribution in [0.15, 0.2) is 64.6 Å². The zero-order valence-corrected chi connectivity index (χ0v) is 17.2. The van der Waals surface area contributed by atoms with Gasteiger partial charge in [-0.05, 0) is 30.3 Å². The molecular weight excluding hydrogens is 420 g/mol. The predicted octanol–water partition coefficient (Wildman–Crippen LogP) is 2.45. The van der Waals surface area contributed by atoms with Crippen LogP contribution in [0, 0.1) is 0 Å². The van der Waals surface area contributed by atoms with Crippen molar-refractivity contribution in [3.05, 3.63) is 54.6 Å². The van der Waals surface area contributed by atoms with Gasteiger partial charge >= 0.3 is 5.97 Å². The summed E-state index contributed by atoms with van der Waals surface area (Å²) in [5.74, 6) is -1.57. The molecule has 1 heterocycles. The Hall–Kier alpha value is -3.66. The Kier molecular flexibility index (Phi) is 7.39. The number of hydrazone groups is 1. The van der Waals surface area contributed by atoms with Crippen LogP contribution in [0.4, 0.5) is 11.4 Å². The molecule has 1 aliphatic heterocycles. The van der Waals surface area contributed by atoms with Gasteiger partial charge in [-0.25, -0.2) is 0 Å². The van der Waals surface area contributed by atoms with Crippen molar-refractivity contribution in [1.29, 1.82) is 0 Å². The first-order valence-electron chi connectivity index (χ1n) is 9.40. The molecule has 0 spiro atoms. The summed E-state index contributed by atoms with van der Waals surface area (Å²) >= 11 is 1.26. The van der Waals surface area contributed by atoms with Crippen LogP contribution in [0.25, 0.3) is 0 Å². The van der Waals surface area contributed by atoms with E-state index in [1.54, 1.807) is 48.5 Å². The minimum absolute atomic E-state index is 0.0170. The Labute approximate surface area is 182 Å². The summed E-state index contributed by atoms with van der Waals surface area (Å²) in [7, 11) is 0. The molecule has 10 heteroatoms. The largest absolute Gasteiger partial charge is 0.481 e.